The van der Waals surface area contributed by atoms with E-state index >= 15 is 0 Å². The summed E-state index contributed by atoms with van der Waals surface area (Å²) < 4.78 is 7.30. The highest BCUT2D eigenvalue weighted by molar-refractivity contribution is 6.05. The van der Waals surface area contributed by atoms with Gasteiger partial charge in [0, 0.05) is 24.0 Å². The Morgan fingerprint density at radius 2 is 2.04 bits per heavy atom. The third-order valence-electron chi connectivity index (χ3n) is 4.72. The van der Waals surface area contributed by atoms with Crippen molar-refractivity contribution in [3.63, 3.8) is 0 Å². The predicted molar refractivity (Wildman–Crippen MR) is 98.5 cm³/mol. The number of rotatable bonds is 2. The minimum absolute atomic E-state index is 0.0534. The van der Waals surface area contributed by atoms with Crippen molar-refractivity contribution in [2.45, 2.75) is 19.4 Å². The zero-order valence-corrected chi connectivity index (χ0v) is 13.9. The normalized spacial score (nSPS) is 13.2. The lowest BCUT2D eigenvalue weighted by Crippen LogP contribution is -2.21. The summed E-state index contributed by atoms with van der Waals surface area (Å²) in [5, 5.41) is 4.18. The third kappa shape index (κ3) is 2.30. The number of nitrogens with one attached hydrogen (secondary N) is 1. The summed E-state index contributed by atoms with van der Waals surface area (Å²) in [6.45, 7) is 0.701. The fourth-order valence-corrected chi connectivity index (χ4v) is 3.45. The number of furan rings is 1. The van der Waals surface area contributed by atoms with Crippen LogP contribution in [0.2, 0.25) is 0 Å². The molecule has 0 atom stereocenters. The first-order valence-corrected chi connectivity index (χ1v) is 8.52. The minimum atomic E-state index is -0.352. The maximum absolute atomic E-state index is 12.6. The van der Waals surface area contributed by atoms with Gasteiger partial charge in [-0.05, 0) is 36.8 Å². The van der Waals surface area contributed by atoms with E-state index in [0.29, 0.717) is 28.7 Å². The van der Waals surface area contributed by atoms with E-state index in [1.165, 1.54) is 0 Å². The van der Waals surface area contributed by atoms with Crippen LogP contribution in [0, 0.1) is 0 Å². The van der Waals surface area contributed by atoms with Gasteiger partial charge in [-0.25, -0.2) is 4.98 Å². The van der Waals surface area contributed by atoms with Gasteiger partial charge in [0.2, 0.25) is 0 Å². The van der Waals surface area contributed by atoms with Gasteiger partial charge in [-0.15, -0.1) is 0 Å². The maximum Gasteiger partial charge on any atom is 0.291 e. The molecule has 1 amide bonds. The van der Waals surface area contributed by atoms with Crippen molar-refractivity contribution in [2.24, 2.45) is 0 Å². The van der Waals surface area contributed by atoms with Gasteiger partial charge in [-0.1, -0.05) is 18.2 Å². The van der Waals surface area contributed by atoms with Crippen LogP contribution in [0.3, 0.4) is 0 Å². The topological polar surface area (TPSA) is 77.1 Å². The van der Waals surface area contributed by atoms with Gasteiger partial charge in [-0.3, -0.25) is 14.2 Å². The molecule has 5 rings (SSSR count). The SMILES string of the molecule is O=C(Nc1ccc2nc3n(c(=O)c2c1)CCC3)c1cc2ccccc2o1. The molecule has 1 aliphatic rings. The largest absolute Gasteiger partial charge is 0.451 e. The lowest BCUT2D eigenvalue weighted by molar-refractivity contribution is 0.0998. The highest BCUT2D eigenvalue weighted by Gasteiger charge is 2.17. The molecule has 2 aromatic heterocycles. The lowest BCUT2D eigenvalue weighted by atomic mass is 10.2. The van der Waals surface area contributed by atoms with Crippen LogP contribution in [-0.2, 0) is 13.0 Å². The van der Waals surface area contributed by atoms with Crippen LogP contribution in [0.25, 0.3) is 21.9 Å². The van der Waals surface area contributed by atoms with Gasteiger partial charge in [-0.2, -0.15) is 0 Å². The lowest BCUT2D eigenvalue weighted by Gasteiger charge is -2.07. The van der Waals surface area contributed by atoms with E-state index in [0.717, 1.165) is 24.1 Å². The van der Waals surface area contributed by atoms with Gasteiger partial charge in [0.25, 0.3) is 11.5 Å². The molecule has 0 saturated carbocycles. The van der Waals surface area contributed by atoms with Gasteiger partial charge < -0.3 is 9.73 Å². The molecule has 1 N–H and O–H groups in total. The van der Waals surface area contributed by atoms with Gasteiger partial charge in [0.15, 0.2) is 5.76 Å². The van der Waals surface area contributed by atoms with Crippen molar-refractivity contribution < 1.29 is 9.21 Å². The molecule has 128 valence electrons. The van der Waals surface area contributed by atoms with E-state index < -0.39 is 0 Å². The molecule has 0 unspecified atom stereocenters. The van der Waals surface area contributed by atoms with Crippen molar-refractivity contribution in [3.05, 3.63) is 70.5 Å². The number of hydrogen-bond acceptors (Lipinski definition) is 4. The highest BCUT2D eigenvalue weighted by Crippen LogP contribution is 2.22. The summed E-state index contributed by atoms with van der Waals surface area (Å²) in [5.74, 6) is 0.714. The number of aromatic nitrogens is 2. The van der Waals surface area contributed by atoms with Crippen LogP contribution in [0.1, 0.15) is 22.8 Å². The molecule has 4 aromatic rings. The van der Waals surface area contributed by atoms with Crippen molar-refractivity contribution in [2.75, 3.05) is 5.32 Å². The van der Waals surface area contributed by atoms with E-state index in [1.807, 2.05) is 24.3 Å². The number of fused-ring (bicyclic) bond motifs is 3. The van der Waals surface area contributed by atoms with Crippen LogP contribution in [0.5, 0.6) is 0 Å². The number of nitrogens with zero attached hydrogens (tertiary/aromatic N) is 2. The van der Waals surface area contributed by atoms with Gasteiger partial charge in [0.05, 0.1) is 10.9 Å². The van der Waals surface area contributed by atoms with Crippen LogP contribution in [-0.4, -0.2) is 15.5 Å². The fourth-order valence-electron chi connectivity index (χ4n) is 3.45. The second-order valence-electron chi connectivity index (χ2n) is 6.42. The fraction of sp³-hybridized carbons (Fsp3) is 0.150. The van der Waals surface area contributed by atoms with Crippen molar-refractivity contribution in [3.8, 4) is 0 Å². The monoisotopic (exact) mass is 345 g/mol. The smallest absolute Gasteiger partial charge is 0.291 e. The van der Waals surface area contributed by atoms with Gasteiger partial charge in [0.1, 0.15) is 11.4 Å². The number of carbonyl (C=O) groups excluding carboxylic acids is 1. The molecule has 26 heavy (non-hydrogen) atoms. The van der Waals surface area contributed by atoms with E-state index in [4.69, 9.17) is 4.42 Å². The molecule has 0 radical (unpaired) electrons. The summed E-state index contributed by atoms with van der Waals surface area (Å²) in [5.41, 5.74) is 1.81. The molecule has 3 heterocycles. The van der Waals surface area contributed by atoms with E-state index in [2.05, 4.69) is 10.3 Å². The number of carbonyl (C=O) groups is 1. The molecule has 0 saturated heterocycles. The first kappa shape index (κ1) is 14.9. The Morgan fingerprint density at radius 1 is 1.15 bits per heavy atom. The molecule has 1 aliphatic heterocycles. The molecule has 2 aromatic carbocycles. The number of benzene rings is 2. The molecule has 6 heteroatoms. The van der Waals surface area contributed by atoms with Crippen LogP contribution in [0.4, 0.5) is 5.69 Å². The van der Waals surface area contributed by atoms with E-state index in [9.17, 15) is 9.59 Å². The first-order valence-electron chi connectivity index (χ1n) is 8.52. The Bertz CT molecular complexity index is 1200. The Hall–Kier alpha value is -3.41. The van der Waals surface area contributed by atoms with E-state index in [-0.39, 0.29) is 17.2 Å². The Labute approximate surface area is 148 Å². The molecule has 6 nitrogen and oxygen atoms in total. The van der Waals surface area contributed by atoms with Crippen molar-refractivity contribution >= 4 is 33.5 Å². The quantitative estimate of drug-likeness (QED) is 0.604. The zero-order valence-electron chi connectivity index (χ0n) is 13.9. The second kappa shape index (κ2) is 5.56. The predicted octanol–water partition coefficient (Wildman–Crippen LogP) is 3.34. The number of aryl methyl sites for hydroxylation is 1. The van der Waals surface area contributed by atoms with Crippen LogP contribution >= 0.6 is 0 Å². The zero-order chi connectivity index (χ0) is 17.7. The number of anilines is 1. The average molecular weight is 345 g/mol. The summed E-state index contributed by atoms with van der Waals surface area (Å²) >= 11 is 0. The van der Waals surface area contributed by atoms with Crippen LogP contribution < -0.4 is 10.9 Å². The molecular formula is C20H15N3O3. The number of hydrogen-bond donors (Lipinski definition) is 1. The third-order valence-corrected chi connectivity index (χ3v) is 4.72. The van der Waals surface area contributed by atoms with Crippen LogP contribution in [0.15, 0.2) is 57.7 Å². The Morgan fingerprint density at radius 3 is 2.92 bits per heavy atom. The maximum atomic E-state index is 12.6. The molecular weight excluding hydrogens is 330 g/mol. The standard InChI is InChI=1S/C20H15N3O3/c24-19(17-10-12-4-1-2-5-16(12)26-17)21-13-7-8-15-14(11-13)20(25)23-9-3-6-18(23)22-15/h1-2,4-5,7-8,10-11H,3,6,9H2,(H,21,24). The van der Waals surface area contributed by atoms with Gasteiger partial charge >= 0.3 is 0 Å². The molecule has 0 aliphatic carbocycles. The Balaban J connectivity index is 1.51. The molecule has 0 fully saturated rings. The summed E-state index contributed by atoms with van der Waals surface area (Å²) in [7, 11) is 0. The second-order valence-corrected chi connectivity index (χ2v) is 6.42. The van der Waals surface area contributed by atoms with E-state index in [1.54, 1.807) is 28.8 Å². The van der Waals surface area contributed by atoms with Crippen molar-refractivity contribution in [1.29, 1.82) is 0 Å². The molecule has 0 bridgehead atoms. The number of amides is 1. The summed E-state index contributed by atoms with van der Waals surface area (Å²) in [4.78, 5) is 29.7. The molecule has 0 spiro atoms. The number of para-hydroxylation sites is 1. The Kier molecular flexibility index (Phi) is 3.18. The minimum Gasteiger partial charge on any atom is -0.451 e. The van der Waals surface area contributed by atoms with Crippen molar-refractivity contribution in [1.82, 2.24) is 9.55 Å². The summed E-state index contributed by atoms with van der Waals surface area (Å²) in [6, 6.07) is 14.4. The first-order chi connectivity index (χ1) is 12.7. The summed E-state index contributed by atoms with van der Waals surface area (Å²) in [6.07, 6.45) is 1.77. The highest BCUT2D eigenvalue weighted by atomic mass is 16.3. The average Bonchev–Trinajstić information content (AvgIpc) is 3.29.